The molecule has 0 saturated carbocycles. The maximum atomic E-state index is 13.5. The van der Waals surface area contributed by atoms with Crippen LogP contribution in [-0.4, -0.2) is 45.7 Å². The molecule has 1 aromatic heterocycles. The predicted molar refractivity (Wildman–Crippen MR) is 140 cm³/mol. The maximum Gasteiger partial charge on any atom is 0.143 e. The van der Waals surface area contributed by atoms with Crippen LogP contribution in [0.5, 0.6) is 5.75 Å². The van der Waals surface area contributed by atoms with Gasteiger partial charge in [-0.1, -0.05) is 18.2 Å². The molecule has 1 atom stereocenters. The van der Waals surface area contributed by atoms with Gasteiger partial charge in [-0.3, -0.25) is 4.99 Å². The molecule has 7 heteroatoms. The molecule has 0 saturated heterocycles. The van der Waals surface area contributed by atoms with E-state index in [0.29, 0.717) is 6.54 Å². The van der Waals surface area contributed by atoms with Gasteiger partial charge < -0.3 is 19.3 Å². The van der Waals surface area contributed by atoms with Crippen molar-refractivity contribution in [3.63, 3.8) is 0 Å². The number of aliphatic hydroxyl groups is 1. The van der Waals surface area contributed by atoms with Gasteiger partial charge in [0.25, 0.3) is 0 Å². The second-order valence-corrected chi connectivity index (χ2v) is 9.16. The number of aromatic nitrogens is 2. The third-order valence-corrected chi connectivity index (χ3v) is 6.69. The zero-order valence-corrected chi connectivity index (χ0v) is 20.9. The molecular weight excluding hydrogens is 455 g/mol. The molecule has 0 bridgehead atoms. The van der Waals surface area contributed by atoms with Crippen molar-refractivity contribution >= 4 is 11.4 Å². The fraction of sp³-hybridized carbons (Fsp3) is 0.241. The largest absolute Gasteiger partial charge is 0.495 e. The van der Waals surface area contributed by atoms with Crippen LogP contribution in [0.15, 0.2) is 89.0 Å². The van der Waals surface area contributed by atoms with Gasteiger partial charge in [0.15, 0.2) is 0 Å². The third-order valence-electron chi connectivity index (χ3n) is 6.69. The van der Waals surface area contributed by atoms with Crippen LogP contribution in [0.1, 0.15) is 36.7 Å². The molecule has 0 fully saturated rings. The SMILES string of the molecule is COc1cc(C2=C(C)CN=C3C2=CC(CO)=CN3[C@@H](C)c2ccc(F)cc2)ccc1-n1cnc(C)c1. The minimum absolute atomic E-state index is 0.0992. The molecule has 2 aliphatic heterocycles. The number of aryl methyl sites for hydroxylation is 1. The Kier molecular flexibility index (Phi) is 6.33. The Labute approximate surface area is 210 Å². The Morgan fingerprint density at radius 1 is 1.14 bits per heavy atom. The van der Waals surface area contributed by atoms with Crippen LogP contribution in [0.4, 0.5) is 4.39 Å². The molecule has 36 heavy (non-hydrogen) atoms. The molecule has 184 valence electrons. The molecule has 0 radical (unpaired) electrons. The number of imidazole rings is 1. The standard InChI is InChI=1S/C29H29FN4O2/c1-18-13-31-29-25(11-21(16-35)15-34(29)20(3)22-5-8-24(30)9-6-22)28(18)23-7-10-26(27(12-23)36-4)33-14-19(2)32-17-33/h5-12,14-15,17,20,35H,13,16H2,1-4H3/t20-/m0/s1. The first-order valence-electron chi connectivity index (χ1n) is 11.9. The number of ether oxygens (including phenoxy) is 1. The highest BCUT2D eigenvalue weighted by Gasteiger charge is 2.31. The molecular formula is C29H29FN4O2. The summed E-state index contributed by atoms with van der Waals surface area (Å²) in [7, 11) is 1.67. The van der Waals surface area contributed by atoms with Crippen molar-refractivity contribution in [3.05, 3.63) is 107 Å². The van der Waals surface area contributed by atoms with Crippen LogP contribution < -0.4 is 4.74 Å². The number of aliphatic hydroxyl groups excluding tert-OH is 1. The zero-order valence-electron chi connectivity index (χ0n) is 20.9. The van der Waals surface area contributed by atoms with Gasteiger partial charge in [0.1, 0.15) is 17.4 Å². The van der Waals surface area contributed by atoms with Crippen molar-refractivity contribution in [1.82, 2.24) is 14.5 Å². The van der Waals surface area contributed by atoms with E-state index < -0.39 is 0 Å². The highest BCUT2D eigenvalue weighted by Crippen LogP contribution is 2.39. The summed E-state index contributed by atoms with van der Waals surface area (Å²) >= 11 is 0. The summed E-state index contributed by atoms with van der Waals surface area (Å²) in [5, 5.41) is 10.1. The molecule has 3 aromatic rings. The molecule has 2 aromatic carbocycles. The maximum absolute atomic E-state index is 13.5. The first kappa shape index (κ1) is 23.8. The van der Waals surface area contributed by atoms with E-state index in [1.54, 1.807) is 25.6 Å². The van der Waals surface area contributed by atoms with Crippen molar-refractivity contribution in [2.24, 2.45) is 4.99 Å². The average molecular weight is 485 g/mol. The Hall–Kier alpha value is -3.97. The predicted octanol–water partition coefficient (Wildman–Crippen LogP) is 5.39. The molecule has 3 heterocycles. The number of nitrogens with zero attached hydrogens (tertiary/aromatic N) is 4. The van der Waals surface area contributed by atoms with E-state index in [1.165, 1.54) is 12.1 Å². The lowest BCUT2D eigenvalue weighted by Crippen LogP contribution is -2.35. The number of aliphatic imine (C=N–C) groups is 1. The number of halogens is 1. The van der Waals surface area contributed by atoms with Gasteiger partial charge in [-0.25, -0.2) is 9.37 Å². The lowest BCUT2D eigenvalue weighted by atomic mass is 9.87. The number of methoxy groups -OCH3 is 1. The number of fused-ring (bicyclic) bond motifs is 1. The Morgan fingerprint density at radius 2 is 1.92 bits per heavy atom. The number of amidine groups is 1. The normalized spacial score (nSPS) is 16.3. The average Bonchev–Trinajstić information content (AvgIpc) is 3.33. The Balaban J connectivity index is 1.56. The monoisotopic (exact) mass is 484 g/mol. The van der Waals surface area contributed by atoms with E-state index in [2.05, 4.69) is 29.8 Å². The fourth-order valence-electron chi connectivity index (χ4n) is 4.80. The van der Waals surface area contributed by atoms with Crippen LogP contribution in [0, 0.1) is 12.7 Å². The minimum Gasteiger partial charge on any atom is -0.495 e. The number of benzene rings is 2. The van der Waals surface area contributed by atoms with Gasteiger partial charge in [-0.05, 0) is 79.0 Å². The molecule has 5 rings (SSSR count). The van der Waals surface area contributed by atoms with Crippen LogP contribution >= 0.6 is 0 Å². The fourth-order valence-corrected chi connectivity index (χ4v) is 4.80. The summed E-state index contributed by atoms with van der Waals surface area (Å²) in [6.45, 7) is 6.55. The summed E-state index contributed by atoms with van der Waals surface area (Å²) in [6, 6.07) is 12.6. The highest BCUT2D eigenvalue weighted by atomic mass is 19.1. The van der Waals surface area contributed by atoms with Gasteiger partial charge in [-0.15, -0.1) is 0 Å². The van der Waals surface area contributed by atoms with Crippen molar-refractivity contribution in [2.45, 2.75) is 26.8 Å². The Bertz CT molecular complexity index is 1430. The van der Waals surface area contributed by atoms with E-state index in [4.69, 9.17) is 9.73 Å². The van der Waals surface area contributed by atoms with Crippen LogP contribution in [-0.2, 0) is 0 Å². The van der Waals surface area contributed by atoms with Crippen molar-refractivity contribution in [3.8, 4) is 11.4 Å². The molecule has 0 aliphatic carbocycles. The topological polar surface area (TPSA) is 62.9 Å². The second kappa shape index (κ2) is 9.59. The van der Waals surface area contributed by atoms with Gasteiger partial charge >= 0.3 is 0 Å². The van der Waals surface area contributed by atoms with Crippen LogP contribution in [0.2, 0.25) is 0 Å². The molecule has 6 nitrogen and oxygen atoms in total. The molecule has 0 unspecified atom stereocenters. The van der Waals surface area contributed by atoms with E-state index in [1.807, 2.05) is 42.1 Å². The van der Waals surface area contributed by atoms with Gasteiger partial charge in [-0.2, -0.15) is 0 Å². The minimum atomic E-state index is -0.268. The van der Waals surface area contributed by atoms with Crippen LogP contribution in [0.3, 0.4) is 0 Å². The van der Waals surface area contributed by atoms with Crippen molar-refractivity contribution in [2.75, 3.05) is 20.3 Å². The summed E-state index contributed by atoms with van der Waals surface area (Å²) in [5.74, 6) is 1.30. The summed E-state index contributed by atoms with van der Waals surface area (Å²) in [6.07, 6.45) is 7.67. The van der Waals surface area contributed by atoms with Crippen LogP contribution in [0.25, 0.3) is 11.3 Å². The van der Waals surface area contributed by atoms with Gasteiger partial charge in [0.05, 0.1) is 44.0 Å². The quantitative estimate of drug-likeness (QED) is 0.509. The van der Waals surface area contributed by atoms with E-state index >= 15 is 0 Å². The van der Waals surface area contributed by atoms with E-state index in [0.717, 1.165) is 56.4 Å². The first-order valence-corrected chi connectivity index (χ1v) is 11.9. The van der Waals surface area contributed by atoms with Gasteiger partial charge in [0, 0.05) is 18.0 Å². The van der Waals surface area contributed by atoms with Crippen molar-refractivity contribution in [1.29, 1.82) is 0 Å². The summed E-state index contributed by atoms with van der Waals surface area (Å²) in [5.41, 5.74) is 7.74. The lowest BCUT2D eigenvalue weighted by Gasteiger charge is -2.37. The summed E-state index contributed by atoms with van der Waals surface area (Å²) < 4.78 is 21.3. The van der Waals surface area contributed by atoms with Crippen molar-refractivity contribution < 1.29 is 14.2 Å². The number of dihydropyridines is 1. The lowest BCUT2D eigenvalue weighted by molar-refractivity contribution is 0.328. The number of hydrogen-bond donors (Lipinski definition) is 1. The zero-order chi connectivity index (χ0) is 25.4. The first-order chi connectivity index (χ1) is 17.4. The molecule has 0 amide bonds. The number of rotatable bonds is 6. The molecule has 0 spiro atoms. The highest BCUT2D eigenvalue weighted by molar-refractivity contribution is 6.15. The number of hydrogen-bond acceptors (Lipinski definition) is 5. The Morgan fingerprint density at radius 3 is 2.58 bits per heavy atom. The van der Waals surface area contributed by atoms with E-state index in [9.17, 15) is 9.50 Å². The van der Waals surface area contributed by atoms with Gasteiger partial charge in [0.2, 0.25) is 0 Å². The van der Waals surface area contributed by atoms with E-state index in [-0.39, 0.29) is 18.5 Å². The smallest absolute Gasteiger partial charge is 0.143 e. The summed E-state index contributed by atoms with van der Waals surface area (Å²) in [4.78, 5) is 11.3. The molecule has 2 aliphatic rings. The molecule has 1 N–H and O–H groups in total. The third kappa shape index (κ3) is 4.27. The second-order valence-electron chi connectivity index (χ2n) is 9.16.